The van der Waals surface area contributed by atoms with E-state index in [0.29, 0.717) is 30.9 Å². The van der Waals surface area contributed by atoms with Crippen LogP contribution in [0.25, 0.3) is 5.57 Å². The number of rotatable bonds is 21. The molecule has 4 atom stereocenters. The second kappa shape index (κ2) is 27.9. The van der Waals surface area contributed by atoms with Crippen LogP contribution in [0.5, 0.6) is 0 Å². The van der Waals surface area contributed by atoms with Gasteiger partial charge in [-0.25, -0.2) is 13.1 Å². The number of carbonyl (C=O) groups excluding carboxylic acids is 3. The van der Waals surface area contributed by atoms with Crippen LogP contribution >= 0.6 is 23.4 Å². The summed E-state index contributed by atoms with van der Waals surface area (Å²) in [6.45, 7) is 15.0. The van der Waals surface area contributed by atoms with E-state index in [2.05, 4.69) is 78.3 Å². The van der Waals surface area contributed by atoms with Crippen LogP contribution in [0.1, 0.15) is 109 Å². The number of fused-ring (bicyclic) bond motifs is 1. The SMILES string of the molecule is C[C@@]1(CN2CCC(CCc3ccc4c(c3)CN(C3CCC(=O)NC3O)C4=O)CC2)CCC(c2ccc(Cl)cc2)=C(CN2CCN(c3ccc(C(=O)NS(=O)(=O)c4ccc(N[C@H](CCN5CCCOCC5)CSc5ccccc5)cc4)cc3)CC2)C1. The van der Waals surface area contributed by atoms with Gasteiger partial charge in [0.05, 0.1) is 17.5 Å². The number of thioether (sulfide) groups is 1. The first-order valence-corrected chi connectivity index (χ1v) is 33.6. The van der Waals surface area contributed by atoms with Gasteiger partial charge in [-0.2, -0.15) is 0 Å². The third-order valence-corrected chi connectivity index (χ3v) is 21.3. The number of anilines is 2. The van der Waals surface area contributed by atoms with Crippen molar-refractivity contribution in [2.45, 2.75) is 112 Å². The molecule has 3 amide bonds. The van der Waals surface area contributed by atoms with Crippen molar-refractivity contribution < 1.29 is 32.6 Å². The molecule has 0 aromatic heterocycles. The average Bonchev–Trinajstić information content (AvgIpc) is 3.72. The van der Waals surface area contributed by atoms with E-state index < -0.39 is 28.2 Å². The topological polar surface area (TPSA) is 167 Å². The molecule has 11 rings (SSSR count). The molecule has 6 aliphatic rings. The van der Waals surface area contributed by atoms with Crippen molar-refractivity contribution in [3.8, 4) is 0 Å². The Hall–Kier alpha value is -5.76. The van der Waals surface area contributed by atoms with Crippen LogP contribution in [0.3, 0.4) is 0 Å². The molecule has 2 unspecified atom stereocenters. The maximum Gasteiger partial charge on any atom is 0.264 e. The molecule has 0 spiro atoms. The van der Waals surface area contributed by atoms with E-state index in [4.69, 9.17) is 16.3 Å². The number of sulfonamides is 1. The van der Waals surface area contributed by atoms with Crippen molar-refractivity contribution in [2.24, 2.45) is 11.3 Å². The molecule has 452 valence electrons. The lowest BCUT2D eigenvalue weighted by Crippen LogP contribution is -2.55. The fraction of sp³-hybridized carbons (Fsp3) is 0.478. The van der Waals surface area contributed by atoms with Crippen LogP contribution in [0.15, 0.2) is 137 Å². The number of benzene rings is 5. The minimum Gasteiger partial charge on any atom is -0.381 e. The Morgan fingerprint density at radius 2 is 1.60 bits per heavy atom. The first-order valence-electron chi connectivity index (χ1n) is 30.8. The normalized spacial score (nSPS) is 22.7. The lowest BCUT2D eigenvalue weighted by molar-refractivity contribution is -0.129. The van der Waals surface area contributed by atoms with Gasteiger partial charge in [-0.05, 0) is 190 Å². The number of nitrogens with one attached hydrogen (secondary N) is 3. The highest BCUT2D eigenvalue weighted by Gasteiger charge is 2.40. The van der Waals surface area contributed by atoms with Gasteiger partial charge in [0.25, 0.3) is 21.8 Å². The van der Waals surface area contributed by atoms with E-state index in [1.165, 1.54) is 40.0 Å². The molecular formula is C67H83ClN8O7S2. The number of carbonyl (C=O) groups is 3. The Morgan fingerprint density at radius 1 is 0.835 bits per heavy atom. The van der Waals surface area contributed by atoms with E-state index in [1.807, 2.05) is 48.5 Å². The quantitative estimate of drug-likeness (QED) is 0.0514. The fourth-order valence-corrected chi connectivity index (χ4v) is 15.7. The number of ether oxygens (including phenoxy) is 1. The molecule has 0 saturated carbocycles. The Morgan fingerprint density at radius 3 is 2.35 bits per heavy atom. The molecule has 4 fully saturated rings. The smallest absolute Gasteiger partial charge is 0.264 e. The molecule has 4 saturated heterocycles. The zero-order valence-electron chi connectivity index (χ0n) is 49.1. The minimum atomic E-state index is -4.13. The van der Waals surface area contributed by atoms with Gasteiger partial charge in [0.15, 0.2) is 0 Å². The summed E-state index contributed by atoms with van der Waals surface area (Å²) < 4.78 is 35.1. The number of amides is 3. The van der Waals surface area contributed by atoms with Gasteiger partial charge in [-0.1, -0.05) is 66.6 Å². The van der Waals surface area contributed by atoms with Crippen LogP contribution < -0.4 is 20.3 Å². The number of hydrogen-bond donors (Lipinski definition) is 4. The third kappa shape index (κ3) is 15.9. The molecule has 5 heterocycles. The molecule has 5 aromatic rings. The lowest BCUT2D eigenvalue weighted by Gasteiger charge is -2.44. The Bertz CT molecular complexity index is 3240. The van der Waals surface area contributed by atoms with Gasteiger partial charge >= 0.3 is 0 Å². The number of piperazine rings is 1. The first-order chi connectivity index (χ1) is 41.2. The van der Waals surface area contributed by atoms with E-state index in [9.17, 15) is 27.9 Å². The van der Waals surface area contributed by atoms with Gasteiger partial charge < -0.3 is 40.1 Å². The van der Waals surface area contributed by atoms with Crippen LogP contribution in [-0.2, 0) is 32.5 Å². The summed E-state index contributed by atoms with van der Waals surface area (Å²) in [5.74, 6) is 0.595. The Balaban J connectivity index is 0.645. The number of halogens is 1. The fourth-order valence-electron chi connectivity index (χ4n) is 13.6. The molecule has 18 heteroatoms. The molecule has 4 N–H and O–H groups in total. The van der Waals surface area contributed by atoms with Crippen molar-refractivity contribution >= 4 is 68.1 Å². The average molecular weight is 1210 g/mol. The van der Waals surface area contributed by atoms with Crippen molar-refractivity contribution in [3.05, 3.63) is 160 Å². The monoisotopic (exact) mass is 1210 g/mol. The Kier molecular flexibility index (Phi) is 20.0. The molecular weight excluding hydrogens is 1130 g/mol. The molecule has 15 nitrogen and oxygen atoms in total. The number of allylic oxidation sites excluding steroid dienone is 1. The number of aliphatic hydroxyl groups is 1. The summed E-state index contributed by atoms with van der Waals surface area (Å²) in [7, 11) is -4.13. The molecule has 5 aromatic carbocycles. The zero-order chi connectivity index (χ0) is 58.9. The standard InChI is InChI=1S/C67H83ClN8O7S2/c1-67(47-74-32-27-48(28-33-74)8-9-49-10-23-61-52(42-49)45-76(66(61)80)62-24-25-63(77)70-65(62)79)30-26-60(50-11-15-54(68)16-12-50)53(43-67)44-73-35-37-75(38-36-73)57-19-13-51(14-20-57)64(78)71-85(81,82)59-21-17-55(18-22-59)69-56(46-84-58-6-3-2-4-7-58)29-34-72-31-5-40-83-41-39-72/h2-4,6-7,10-23,42,48,56,62,65,69,79H,5,8-9,24-41,43-47H2,1H3,(H,70,77)(H,71,78)/t56-,62?,65?,67-/m1/s1. The first kappa shape index (κ1) is 60.9. The van der Waals surface area contributed by atoms with E-state index >= 15 is 0 Å². The molecule has 85 heavy (non-hydrogen) atoms. The lowest BCUT2D eigenvalue weighted by atomic mass is 9.70. The van der Waals surface area contributed by atoms with E-state index in [1.54, 1.807) is 53.1 Å². The second-order valence-corrected chi connectivity index (χ2v) is 27.9. The largest absolute Gasteiger partial charge is 0.381 e. The third-order valence-electron chi connectivity index (χ3n) is 18.5. The summed E-state index contributed by atoms with van der Waals surface area (Å²) in [5.41, 5.74) is 9.46. The van der Waals surface area contributed by atoms with Crippen molar-refractivity contribution in [3.63, 3.8) is 0 Å². The minimum absolute atomic E-state index is 0.0269. The van der Waals surface area contributed by atoms with Crippen LogP contribution in [-0.4, -0.2) is 160 Å². The number of aryl methyl sites for hydroxylation is 1. The number of aliphatic hydroxyl groups excluding tert-OH is 1. The number of hydrogen-bond acceptors (Lipinski definition) is 13. The summed E-state index contributed by atoms with van der Waals surface area (Å²) in [6, 6.07) is 38.6. The predicted molar refractivity (Wildman–Crippen MR) is 339 cm³/mol. The highest BCUT2D eigenvalue weighted by atomic mass is 35.5. The van der Waals surface area contributed by atoms with Crippen LogP contribution in [0.4, 0.5) is 11.4 Å². The summed E-state index contributed by atoms with van der Waals surface area (Å²) in [4.78, 5) is 51.6. The predicted octanol–water partition coefficient (Wildman–Crippen LogP) is 9.81. The molecule has 1 aliphatic carbocycles. The summed E-state index contributed by atoms with van der Waals surface area (Å²) >= 11 is 8.21. The van der Waals surface area contributed by atoms with Gasteiger partial charge in [-0.15, -0.1) is 11.8 Å². The van der Waals surface area contributed by atoms with Gasteiger partial charge in [0.2, 0.25) is 5.91 Å². The second-order valence-electron chi connectivity index (χ2n) is 24.7. The Labute approximate surface area is 511 Å². The van der Waals surface area contributed by atoms with E-state index in [-0.39, 0.29) is 33.7 Å². The molecule has 5 aliphatic heterocycles. The number of likely N-dealkylation sites (tertiary alicyclic amines) is 1. The number of nitrogens with zero attached hydrogens (tertiary/aromatic N) is 5. The van der Waals surface area contributed by atoms with Crippen molar-refractivity contribution in [1.82, 2.24) is 29.6 Å². The molecule has 0 radical (unpaired) electrons. The summed E-state index contributed by atoms with van der Waals surface area (Å²) in [6.07, 6.45) is 9.36. The molecule has 0 bridgehead atoms. The van der Waals surface area contributed by atoms with Crippen LogP contribution in [0.2, 0.25) is 5.02 Å². The van der Waals surface area contributed by atoms with Crippen molar-refractivity contribution in [1.29, 1.82) is 0 Å². The number of piperidine rings is 2. The summed E-state index contributed by atoms with van der Waals surface area (Å²) in [5, 5.41) is 17.5. The van der Waals surface area contributed by atoms with Gasteiger partial charge in [-0.3, -0.25) is 19.3 Å². The van der Waals surface area contributed by atoms with Gasteiger partial charge in [0, 0.05) is 123 Å². The zero-order valence-corrected chi connectivity index (χ0v) is 51.5. The van der Waals surface area contributed by atoms with E-state index in [0.717, 1.165) is 158 Å². The maximum absolute atomic E-state index is 13.6. The highest BCUT2D eigenvalue weighted by molar-refractivity contribution is 7.99. The van der Waals surface area contributed by atoms with Crippen molar-refractivity contribution in [2.75, 3.05) is 101 Å². The maximum atomic E-state index is 13.6. The van der Waals surface area contributed by atoms with Gasteiger partial charge in [0.1, 0.15) is 6.23 Å². The van der Waals surface area contributed by atoms with Crippen LogP contribution in [0, 0.1) is 11.3 Å². The highest BCUT2D eigenvalue weighted by Crippen LogP contribution is 2.45.